The highest BCUT2D eigenvalue weighted by molar-refractivity contribution is 5.66. The molecule has 4 aromatic carbocycles. The van der Waals surface area contributed by atoms with Gasteiger partial charge in [0.05, 0.1) is 11.4 Å². The maximum absolute atomic E-state index is 6.43. The molecule has 0 aliphatic carbocycles. The fraction of sp³-hybridized carbons (Fsp3) is 0.273. The van der Waals surface area contributed by atoms with Crippen LogP contribution in [0.4, 0.5) is 22.7 Å². The molecule has 8 N–H and O–H groups in total. The van der Waals surface area contributed by atoms with Gasteiger partial charge in [-0.3, -0.25) is 0 Å². The van der Waals surface area contributed by atoms with Crippen LogP contribution in [0.15, 0.2) is 48.5 Å². The number of aryl methyl sites for hydroxylation is 4. The smallest absolute Gasteiger partial charge is 0.150 e. The SMILES string of the molecule is Cc1cc(C)c(C(C)(C)c2c(C)cc(C)c(Oc3ccc(N)cc3N)c2C)c(C)c1Oc1ccc(N)cc1N. The lowest BCUT2D eigenvalue weighted by atomic mass is 9.70. The van der Waals surface area contributed by atoms with Crippen molar-refractivity contribution in [2.45, 2.75) is 60.8 Å². The molecule has 4 aromatic rings. The molecule has 0 atom stereocenters. The van der Waals surface area contributed by atoms with Crippen LogP contribution in [0.1, 0.15) is 58.4 Å². The van der Waals surface area contributed by atoms with Crippen LogP contribution in [-0.4, -0.2) is 0 Å². The number of nitrogen functional groups attached to an aromatic ring is 4. The van der Waals surface area contributed by atoms with Crippen LogP contribution in [0, 0.1) is 41.5 Å². The number of hydrogen-bond acceptors (Lipinski definition) is 6. The fourth-order valence-electron chi connectivity index (χ4n) is 6.24. The summed E-state index contributed by atoms with van der Waals surface area (Å²) in [6.45, 7) is 17.2. The summed E-state index contributed by atoms with van der Waals surface area (Å²) >= 11 is 0. The highest BCUT2D eigenvalue weighted by Gasteiger charge is 2.33. The lowest BCUT2D eigenvalue weighted by Crippen LogP contribution is -2.25. The summed E-state index contributed by atoms with van der Waals surface area (Å²) in [6.07, 6.45) is 0. The van der Waals surface area contributed by atoms with Gasteiger partial charge in [0.1, 0.15) is 23.0 Å². The number of ether oxygens (including phenoxy) is 2. The molecule has 0 saturated carbocycles. The van der Waals surface area contributed by atoms with E-state index in [1.165, 1.54) is 22.3 Å². The van der Waals surface area contributed by atoms with E-state index >= 15 is 0 Å². The molecule has 0 amide bonds. The minimum Gasteiger partial charge on any atom is -0.455 e. The van der Waals surface area contributed by atoms with Crippen LogP contribution in [0.25, 0.3) is 0 Å². The van der Waals surface area contributed by atoms with Crippen molar-refractivity contribution >= 4 is 22.7 Å². The summed E-state index contributed by atoms with van der Waals surface area (Å²) in [6, 6.07) is 15.0. The normalized spacial score (nSPS) is 11.5. The zero-order chi connectivity index (χ0) is 28.8. The Morgan fingerprint density at radius 1 is 0.513 bits per heavy atom. The van der Waals surface area contributed by atoms with Crippen molar-refractivity contribution in [2.24, 2.45) is 0 Å². The van der Waals surface area contributed by atoms with E-state index in [9.17, 15) is 0 Å². The Morgan fingerprint density at radius 3 is 1.21 bits per heavy atom. The van der Waals surface area contributed by atoms with Crippen LogP contribution in [-0.2, 0) is 5.41 Å². The first kappa shape index (κ1) is 27.7. The molecule has 204 valence electrons. The molecule has 0 saturated heterocycles. The van der Waals surface area contributed by atoms with Crippen LogP contribution >= 0.6 is 0 Å². The van der Waals surface area contributed by atoms with Gasteiger partial charge in [-0.1, -0.05) is 26.0 Å². The van der Waals surface area contributed by atoms with Gasteiger partial charge in [-0.25, -0.2) is 0 Å². The van der Waals surface area contributed by atoms with Gasteiger partial charge in [0.2, 0.25) is 0 Å². The first-order valence-electron chi connectivity index (χ1n) is 13.1. The van der Waals surface area contributed by atoms with Gasteiger partial charge in [0.25, 0.3) is 0 Å². The Kier molecular flexibility index (Phi) is 7.17. The van der Waals surface area contributed by atoms with Gasteiger partial charge < -0.3 is 32.4 Å². The first-order valence-corrected chi connectivity index (χ1v) is 13.1. The van der Waals surface area contributed by atoms with E-state index in [1.807, 2.05) is 12.1 Å². The standard InChI is InChI=1S/C33H40N4O2/c1-17-13-19(3)31(38-27-11-9-23(34)15-25(27)36)21(5)29(17)33(7,8)30-18(2)14-20(4)32(22(30)6)39-28-12-10-24(35)16-26(28)37/h9-16H,34-37H2,1-8H3. The van der Waals surface area contributed by atoms with Crippen molar-refractivity contribution in [1.29, 1.82) is 0 Å². The number of anilines is 4. The Labute approximate surface area is 231 Å². The number of nitrogens with two attached hydrogens (primary N) is 4. The topological polar surface area (TPSA) is 123 Å². The Hall–Kier alpha value is -4.32. The molecule has 0 heterocycles. The highest BCUT2D eigenvalue weighted by atomic mass is 16.5. The van der Waals surface area contributed by atoms with E-state index in [0.717, 1.165) is 33.8 Å². The molecule has 0 radical (unpaired) electrons. The lowest BCUT2D eigenvalue weighted by Gasteiger charge is -2.35. The molecule has 6 heteroatoms. The van der Waals surface area contributed by atoms with Crippen molar-refractivity contribution in [1.82, 2.24) is 0 Å². The van der Waals surface area contributed by atoms with E-state index in [4.69, 9.17) is 32.4 Å². The zero-order valence-corrected chi connectivity index (χ0v) is 24.2. The second-order valence-electron chi connectivity index (χ2n) is 11.1. The molecular formula is C33H40N4O2. The van der Waals surface area contributed by atoms with Gasteiger partial charge in [0, 0.05) is 16.8 Å². The molecule has 0 aliphatic rings. The second-order valence-corrected chi connectivity index (χ2v) is 11.1. The molecule has 0 bridgehead atoms. The number of rotatable bonds is 6. The van der Waals surface area contributed by atoms with Crippen molar-refractivity contribution in [2.75, 3.05) is 22.9 Å². The van der Waals surface area contributed by atoms with Crippen molar-refractivity contribution in [3.05, 3.63) is 93.0 Å². The minimum absolute atomic E-state index is 0.376. The van der Waals surface area contributed by atoms with Gasteiger partial charge in [-0.15, -0.1) is 0 Å². The number of benzene rings is 4. The predicted molar refractivity (Wildman–Crippen MR) is 164 cm³/mol. The maximum atomic E-state index is 6.43. The first-order chi connectivity index (χ1) is 18.2. The minimum atomic E-state index is -0.376. The average Bonchev–Trinajstić information content (AvgIpc) is 2.81. The summed E-state index contributed by atoms with van der Waals surface area (Å²) in [4.78, 5) is 0. The van der Waals surface area contributed by atoms with E-state index < -0.39 is 0 Å². The van der Waals surface area contributed by atoms with Gasteiger partial charge in [0.15, 0.2) is 0 Å². The van der Waals surface area contributed by atoms with Crippen LogP contribution in [0.5, 0.6) is 23.0 Å². The molecule has 0 spiro atoms. The molecule has 4 rings (SSSR count). The number of hydrogen-bond donors (Lipinski definition) is 4. The summed E-state index contributed by atoms with van der Waals surface area (Å²) in [7, 11) is 0. The Bertz CT molecular complexity index is 1470. The van der Waals surface area contributed by atoms with E-state index in [0.29, 0.717) is 34.2 Å². The zero-order valence-electron chi connectivity index (χ0n) is 24.2. The molecule has 6 nitrogen and oxygen atoms in total. The van der Waals surface area contributed by atoms with E-state index in [-0.39, 0.29) is 5.41 Å². The van der Waals surface area contributed by atoms with E-state index in [2.05, 4.69) is 67.5 Å². The molecule has 0 fully saturated rings. The largest absolute Gasteiger partial charge is 0.455 e. The maximum Gasteiger partial charge on any atom is 0.150 e. The molecular weight excluding hydrogens is 484 g/mol. The predicted octanol–water partition coefficient (Wildman–Crippen LogP) is 7.78. The third kappa shape index (κ3) is 5.07. The lowest BCUT2D eigenvalue weighted by molar-refractivity contribution is 0.469. The quantitative estimate of drug-likeness (QED) is 0.191. The fourth-order valence-corrected chi connectivity index (χ4v) is 6.24. The summed E-state index contributed by atoms with van der Waals surface area (Å²) < 4.78 is 12.9. The van der Waals surface area contributed by atoms with Gasteiger partial charge >= 0.3 is 0 Å². The third-order valence-electron chi connectivity index (χ3n) is 7.54. The summed E-state index contributed by atoms with van der Waals surface area (Å²) in [5.41, 5.74) is 35.1. The van der Waals surface area contributed by atoms with Gasteiger partial charge in [-0.05, 0) is 122 Å². The van der Waals surface area contributed by atoms with Crippen LogP contribution in [0.3, 0.4) is 0 Å². The van der Waals surface area contributed by atoms with E-state index in [1.54, 1.807) is 24.3 Å². The monoisotopic (exact) mass is 524 g/mol. The molecule has 0 unspecified atom stereocenters. The molecule has 39 heavy (non-hydrogen) atoms. The van der Waals surface area contributed by atoms with Gasteiger partial charge in [-0.2, -0.15) is 0 Å². The molecule has 0 aliphatic heterocycles. The summed E-state index contributed by atoms with van der Waals surface area (Å²) in [5.74, 6) is 2.77. The molecule has 0 aromatic heterocycles. The summed E-state index contributed by atoms with van der Waals surface area (Å²) in [5, 5.41) is 0. The second kappa shape index (κ2) is 10.1. The highest BCUT2D eigenvalue weighted by Crippen LogP contribution is 2.47. The van der Waals surface area contributed by atoms with Crippen molar-refractivity contribution < 1.29 is 9.47 Å². The Balaban J connectivity index is 1.87. The van der Waals surface area contributed by atoms with Crippen LogP contribution < -0.4 is 32.4 Å². The van der Waals surface area contributed by atoms with Crippen molar-refractivity contribution in [3.8, 4) is 23.0 Å². The van der Waals surface area contributed by atoms with Crippen molar-refractivity contribution in [3.63, 3.8) is 0 Å². The Morgan fingerprint density at radius 2 is 0.872 bits per heavy atom. The third-order valence-corrected chi connectivity index (χ3v) is 7.54. The van der Waals surface area contributed by atoms with Crippen LogP contribution in [0.2, 0.25) is 0 Å². The average molecular weight is 525 g/mol.